The summed E-state index contributed by atoms with van der Waals surface area (Å²) in [5, 5.41) is 6.54. The number of fused-ring (bicyclic) bond motifs is 3. The van der Waals surface area contributed by atoms with Gasteiger partial charge in [-0.1, -0.05) is 30.3 Å². The quantitative estimate of drug-likeness (QED) is 0.635. The summed E-state index contributed by atoms with van der Waals surface area (Å²) >= 11 is 4.86. The van der Waals surface area contributed by atoms with Gasteiger partial charge in [-0.15, -0.1) is 0 Å². The third-order valence-electron chi connectivity index (χ3n) is 5.64. The molecular weight excluding hydrogens is 399 g/mol. The summed E-state index contributed by atoms with van der Waals surface area (Å²) in [7, 11) is 0. The summed E-state index contributed by atoms with van der Waals surface area (Å²) in [5.74, 6) is 0.0226. The lowest BCUT2D eigenvalue weighted by molar-refractivity contribution is -0.138. The van der Waals surface area contributed by atoms with E-state index in [-0.39, 0.29) is 23.2 Å². The minimum Gasteiger partial charge on any atom is -0.378 e. The zero-order valence-corrected chi connectivity index (χ0v) is 16.4. The largest absolute Gasteiger partial charge is 0.416 e. The molecule has 0 spiro atoms. The van der Waals surface area contributed by atoms with Crippen molar-refractivity contribution in [3.05, 3.63) is 65.2 Å². The highest BCUT2D eigenvalue weighted by atomic mass is 32.1. The first-order valence-electron chi connectivity index (χ1n) is 9.54. The first-order valence-corrected chi connectivity index (χ1v) is 9.95. The molecule has 4 N–H and O–H groups in total. The number of benzene rings is 2. The summed E-state index contributed by atoms with van der Waals surface area (Å²) in [6.07, 6.45) is -3.42. The molecule has 4 atom stereocenters. The Bertz CT molecular complexity index is 890. The highest BCUT2D eigenvalue weighted by molar-refractivity contribution is 7.80. The van der Waals surface area contributed by atoms with Gasteiger partial charge in [-0.25, -0.2) is 0 Å². The molecule has 0 aliphatic carbocycles. The lowest BCUT2D eigenvalue weighted by Crippen LogP contribution is -2.44. The Balaban J connectivity index is 1.70. The van der Waals surface area contributed by atoms with Gasteiger partial charge in [0.05, 0.1) is 23.8 Å². The molecule has 8 heteroatoms. The average molecular weight is 421 g/mol. The molecule has 0 aromatic heterocycles. The van der Waals surface area contributed by atoms with E-state index in [1.165, 1.54) is 12.1 Å². The molecule has 0 saturated carbocycles. The van der Waals surface area contributed by atoms with Crippen molar-refractivity contribution < 1.29 is 17.9 Å². The van der Waals surface area contributed by atoms with Crippen LogP contribution >= 0.6 is 12.2 Å². The predicted octanol–water partition coefficient (Wildman–Crippen LogP) is 4.54. The van der Waals surface area contributed by atoms with Gasteiger partial charge in [0, 0.05) is 23.7 Å². The van der Waals surface area contributed by atoms with Crippen molar-refractivity contribution in [2.24, 2.45) is 11.7 Å². The van der Waals surface area contributed by atoms with E-state index in [0.29, 0.717) is 17.8 Å². The topological polar surface area (TPSA) is 59.3 Å². The molecule has 2 aliphatic heterocycles. The number of ether oxygens (including phenoxy) is 1. The minimum atomic E-state index is -4.40. The highest BCUT2D eigenvalue weighted by Gasteiger charge is 2.43. The number of nitrogens with two attached hydrogens (primary N) is 1. The number of hydrogen-bond donors (Lipinski definition) is 3. The summed E-state index contributed by atoms with van der Waals surface area (Å²) in [4.78, 5) is 0. The fourth-order valence-corrected chi connectivity index (χ4v) is 4.37. The van der Waals surface area contributed by atoms with Crippen LogP contribution < -0.4 is 16.4 Å². The molecule has 2 aromatic carbocycles. The molecule has 2 aromatic rings. The van der Waals surface area contributed by atoms with Crippen LogP contribution in [0.5, 0.6) is 0 Å². The Morgan fingerprint density at radius 3 is 2.62 bits per heavy atom. The van der Waals surface area contributed by atoms with Crippen LogP contribution in [0.2, 0.25) is 0 Å². The second-order valence-electron chi connectivity index (χ2n) is 7.50. The monoisotopic (exact) mass is 421 g/mol. The van der Waals surface area contributed by atoms with Gasteiger partial charge in [-0.3, -0.25) is 0 Å². The minimum absolute atomic E-state index is 0.0226. The van der Waals surface area contributed by atoms with Gasteiger partial charge in [0.2, 0.25) is 0 Å². The second-order valence-corrected chi connectivity index (χ2v) is 7.94. The maximum absolute atomic E-state index is 13.3. The molecule has 0 bridgehead atoms. The van der Waals surface area contributed by atoms with Gasteiger partial charge in [0.15, 0.2) is 5.11 Å². The molecule has 0 unspecified atom stereocenters. The summed E-state index contributed by atoms with van der Waals surface area (Å²) < 4.78 is 46.2. The third-order valence-corrected chi connectivity index (χ3v) is 5.78. The van der Waals surface area contributed by atoms with Crippen molar-refractivity contribution in [3.63, 3.8) is 0 Å². The standard InChI is InChI=1S/C21H22F3N3OS/c22-21(23,24)13-6-9-17-16(10-13)19-15(8-7-14(28-19)11-26-20(25)29)18(27-17)12-4-2-1-3-5-12/h1-6,9-10,14-15,18-19,27H,7-8,11H2,(H3,25,26,29)/t14-,15+,18+,19+/m1/s1. The van der Waals surface area contributed by atoms with Crippen molar-refractivity contribution in [2.75, 3.05) is 11.9 Å². The Morgan fingerprint density at radius 1 is 1.17 bits per heavy atom. The number of hydrogen-bond acceptors (Lipinski definition) is 3. The first-order chi connectivity index (χ1) is 13.8. The summed E-state index contributed by atoms with van der Waals surface area (Å²) in [6, 6.07) is 13.7. The smallest absolute Gasteiger partial charge is 0.378 e. The fraction of sp³-hybridized carbons (Fsp3) is 0.381. The maximum atomic E-state index is 13.3. The number of thiocarbonyl (C=S) groups is 1. The van der Waals surface area contributed by atoms with Crippen LogP contribution in [0.3, 0.4) is 0 Å². The molecule has 29 heavy (non-hydrogen) atoms. The number of alkyl halides is 3. The van der Waals surface area contributed by atoms with Crippen molar-refractivity contribution in [1.29, 1.82) is 0 Å². The molecule has 1 saturated heterocycles. The van der Waals surface area contributed by atoms with Gasteiger partial charge >= 0.3 is 6.18 Å². The van der Waals surface area contributed by atoms with Crippen molar-refractivity contribution in [2.45, 2.75) is 37.3 Å². The van der Waals surface area contributed by atoms with Crippen molar-refractivity contribution >= 4 is 23.0 Å². The van der Waals surface area contributed by atoms with Crippen LogP contribution in [0.1, 0.15) is 41.7 Å². The third kappa shape index (κ3) is 4.18. The fourth-order valence-electron chi connectivity index (χ4n) is 4.29. The molecule has 0 radical (unpaired) electrons. The number of nitrogens with one attached hydrogen (secondary N) is 2. The van der Waals surface area contributed by atoms with E-state index in [9.17, 15) is 13.2 Å². The van der Waals surface area contributed by atoms with Gasteiger partial charge in [0.1, 0.15) is 0 Å². The Kier molecular flexibility index (Phi) is 5.40. The SMILES string of the molecule is NC(=S)NC[C@H]1CC[C@@H]2[C@H](O1)c1cc(C(F)(F)F)ccc1N[C@H]2c1ccccc1. The summed E-state index contributed by atoms with van der Waals surface area (Å²) in [5.41, 5.74) is 7.17. The highest BCUT2D eigenvalue weighted by Crippen LogP contribution is 2.51. The first kappa shape index (κ1) is 20.0. The molecular formula is C21H22F3N3OS. The van der Waals surface area contributed by atoms with Crippen molar-refractivity contribution in [3.8, 4) is 0 Å². The van der Waals surface area contributed by atoms with Gasteiger partial charge in [0.25, 0.3) is 0 Å². The average Bonchev–Trinajstić information content (AvgIpc) is 2.71. The Morgan fingerprint density at radius 2 is 1.93 bits per heavy atom. The van der Waals surface area contributed by atoms with Crippen molar-refractivity contribution in [1.82, 2.24) is 5.32 Å². The van der Waals surface area contributed by atoms with E-state index < -0.39 is 17.8 Å². The van der Waals surface area contributed by atoms with Crippen LogP contribution in [0.15, 0.2) is 48.5 Å². The second kappa shape index (κ2) is 7.84. The Hall–Kier alpha value is -2.32. The van der Waals surface area contributed by atoms with Gasteiger partial charge in [-0.2, -0.15) is 13.2 Å². The maximum Gasteiger partial charge on any atom is 0.416 e. The van der Waals surface area contributed by atoms with Crippen LogP contribution in [0, 0.1) is 5.92 Å². The zero-order valence-electron chi connectivity index (χ0n) is 15.6. The van der Waals surface area contributed by atoms with E-state index in [1.807, 2.05) is 30.3 Å². The number of rotatable bonds is 3. The van der Waals surface area contributed by atoms with Crippen LogP contribution in [-0.4, -0.2) is 17.8 Å². The number of halogens is 3. The van der Waals surface area contributed by atoms with Gasteiger partial charge < -0.3 is 21.1 Å². The van der Waals surface area contributed by atoms with E-state index in [2.05, 4.69) is 10.6 Å². The molecule has 1 fully saturated rings. The van der Waals surface area contributed by atoms with Crippen LogP contribution in [-0.2, 0) is 10.9 Å². The molecule has 4 rings (SSSR count). The normalized spacial score (nSPS) is 26.0. The van der Waals surface area contributed by atoms with E-state index >= 15 is 0 Å². The van der Waals surface area contributed by atoms with E-state index in [4.69, 9.17) is 22.7 Å². The summed E-state index contributed by atoms with van der Waals surface area (Å²) in [6.45, 7) is 0.441. The molecule has 154 valence electrons. The molecule has 2 aliphatic rings. The van der Waals surface area contributed by atoms with E-state index in [0.717, 1.165) is 24.5 Å². The Labute approximate surface area is 172 Å². The van der Waals surface area contributed by atoms with Gasteiger partial charge in [-0.05, 0) is 48.8 Å². The number of anilines is 1. The van der Waals surface area contributed by atoms with Crippen LogP contribution in [0.25, 0.3) is 0 Å². The molecule has 2 heterocycles. The van der Waals surface area contributed by atoms with Crippen LogP contribution in [0.4, 0.5) is 18.9 Å². The lowest BCUT2D eigenvalue weighted by atomic mass is 9.76. The van der Waals surface area contributed by atoms with E-state index in [1.54, 1.807) is 0 Å². The zero-order chi connectivity index (χ0) is 20.6. The predicted molar refractivity (Wildman–Crippen MR) is 109 cm³/mol. The molecule has 0 amide bonds. The molecule has 4 nitrogen and oxygen atoms in total. The lowest BCUT2D eigenvalue weighted by Gasteiger charge is -2.46.